The van der Waals surface area contributed by atoms with E-state index in [0.29, 0.717) is 24.3 Å². The fraction of sp³-hybridized carbons (Fsp3) is 0.529. The highest BCUT2D eigenvalue weighted by Gasteiger charge is 2.32. The summed E-state index contributed by atoms with van der Waals surface area (Å²) in [5.74, 6) is 2.84. The SMILES string of the molecule is COc1ccc(CN(Cc2noc(CN)n2)C(C)C2CC2)cc1.Cl. The van der Waals surface area contributed by atoms with Gasteiger partial charge in [-0.1, -0.05) is 17.3 Å². The molecule has 0 spiro atoms. The maximum Gasteiger partial charge on any atom is 0.240 e. The standard InChI is InChI=1S/C17H24N4O2.ClH/c1-12(14-5-6-14)21(11-16-19-17(9-18)23-20-16)10-13-3-7-15(22-2)8-4-13;/h3-4,7-8,12,14H,5-6,9-11,18H2,1-2H3;1H. The van der Waals surface area contributed by atoms with Gasteiger partial charge in [0.25, 0.3) is 0 Å². The van der Waals surface area contributed by atoms with E-state index in [9.17, 15) is 0 Å². The molecule has 1 atom stereocenters. The lowest BCUT2D eigenvalue weighted by atomic mass is 10.1. The molecule has 1 unspecified atom stereocenters. The minimum atomic E-state index is 0. The van der Waals surface area contributed by atoms with Crippen LogP contribution in [0.15, 0.2) is 28.8 Å². The molecule has 1 aliphatic carbocycles. The third-order valence-electron chi connectivity index (χ3n) is 4.45. The quantitative estimate of drug-likeness (QED) is 0.787. The van der Waals surface area contributed by atoms with Crippen LogP contribution < -0.4 is 10.5 Å². The molecular weight excluding hydrogens is 328 g/mol. The van der Waals surface area contributed by atoms with E-state index in [4.69, 9.17) is 15.0 Å². The zero-order valence-corrected chi connectivity index (χ0v) is 15.0. The van der Waals surface area contributed by atoms with E-state index in [1.54, 1.807) is 7.11 Å². The van der Waals surface area contributed by atoms with Crippen molar-refractivity contribution in [1.29, 1.82) is 0 Å². The molecule has 2 N–H and O–H groups in total. The van der Waals surface area contributed by atoms with E-state index in [1.807, 2.05) is 12.1 Å². The minimum Gasteiger partial charge on any atom is -0.497 e. The van der Waals surface area contributed by atoms with Crippen LogP contribution in [0, 0.1) is 5.92 Å². The molecule has 2 aromatic rings. The van der Waals surface area contributed by atoms with Crippen LogP contribution >= 0.6 is 12.4 Å². The Labute approximate surface area is 148 Å². The van der Waals surface area contributed by atoms with E-state index >= 15 is 0 Å². The molecule has 24 heavy (non-hydrogen) atoms. The van der Waals surface area contributed by atoms with E-state index in [2.05, 4.69) is 34.1 Å². The van der Waals surface area contributed by atoms with Crippen LogP contribution in [-0.4, -0.2) is 28.2 Å². The maximum absolute atomic E-state index is 5.54. The highest BCUT2D eigenvalue weighted by Crippen LogP contribution is 2.36. The Balaban J connectivity index is 0.00000208. The normalized spacial score (nSPS) is 15.2. The Morgan fingerprint density at radius 3 is 2.54 bits per heavy atom. The van der Waals surface area contributed by atoms with Crippen molar-refractivity contribution in [1.82, 2.24) is 15.0 Å². The van der Waals surface area contributed by atoms with Crippen molar-refractivity contribution in [2.45, 2.75) is 45.4 Å². The van der Waals surface area contributed by atoms with Gasteiger partial charge in [0.05, 0.1) is 20.2 Å². The zero-order valence-electron chi connectivity index (χ0n) is 14.1. The van der Waals surface area contributed by atoms with Gasteiger partial charge in [0.1, 0.15) is 5.75 Å². The first-order chi connectivity index (χ1) is 11.2. The van der Waals surface area contributed by atoms with E-state index < -0.39 is 0 Å². The van der Waals surface area contributed by atoms with Crippen molar-refractivity contribution in [3.63, 3.8) is 0 Å². The molecule has 0 aliphatic heterocycles. The highest BCUT2D eigenvalue weighted by molar-refractivity contribution is 5.85. The summed E-state index contributed by atoms with van der Waals surface area (Å²) in [6.45, 7) is 4.09. The molecule has 1 saturated carbocycles. The van der Waals surface area contributed by atoms with Gasteiger partial charge in [0.2, 0.25) is 5.89 Å². The molecule has 1 aliphatic rings. The molecule has 0 amide bonds. The van der Waals surface area contributed by atoms with Gasteiger partial charge >= 0.3 is 0 Å². The summed E-state index contributed by atoms with van der Waals surface area (Å²) in [6, 6.07) is 8.70. The average molecular weight is 353 g/mol. The summed E-state index contributed by atoms with van der Waals surface area (Å²) in [4.78, 5) is 6.74. The van der Waals surface area contributed by atoms with Gasteiger partial charge in [-0.05, 0) is 43.4 Å². The molecule has 7 heteroatoms. The molecule has 0 radical (unpaired) electrons. The molecular formula is C17H25ClN4O2. The number of hydrogen-bond donors (Lipinski definition) is 1. The number of methoxy groups -OCH3 is 1. The number of ether oxygens (including phenoxy) is 1. The van der Waals surface area contributed by atoms with Crippen LogP contribution in [0.1, 0.15) is 37.0 Å². The second kappa shape index (κ2) is 8.46. The fourth-order valence-corrected chi connectivity index (χ4v) is 2.81. The highest BCUT2D eigenvalue weighted by atomic mass is 35.5. The van der Waals surface area contributed by atoms with Crippen molar-refractivity contribution in [3.8, 4) is 5.75 Å². The Bertz CT molecular complexity index is 628. The smallest absolute Gasteiger partial charge is 0.240 e. The summed E-state index contributed by atoms with van der Waals surface area (Å²) in [5.41, 5.74) is 6.79. The fourth-order valence-electron chi connectivity index (χ4n) is 2.81. The monoisotopic (exact) mass is 352 g/mol. The van der Waals surface area contributed by atoms with Gasteiger partial charge in [-0.2, -0.15) is 4.98 Å². The van der Waals surface area contributed by atoms with Crippen molar-refractivity contribution >= 4 is 12.4 Å². The molecule has 132 valence electrons. The molecule has 0 saturated heterocycles. The summed E-state index contributed by atoms with van der Waals surface area (Å²) in [6.07, 6.45) is 2.61. The summed E-state index contributed by atoms with van der Waals surface area (Å²) in [5, 5.41) is 4.03. The first-order valence-corrected chi connectivity index (χ1v) is 8.08. The van der Waals surface area contributed by atoms with Gasteiger partial charge < -0.3 is 15.0 Å². The van der Waals surface area contributed by atoms with Gasteiger partial charge in [-0.3, -0.25) is 4.90 Å². The molecule has 6 nitrogen and oxygen atoms in total. The number of nitrogens with zero attached hydrogens (tertiary/aromatic N) is 3. The molecule has 1 aromatic heterocycles. The Morgan fingerprint density at radius 1 is 1.29 bits per heavy atom. The number of nitrogens with two attached hydrogens (primary N) is 1. The third kappa shape index (κ3) is 4.69. The predicted molar refractivity (Wildman–Crippen MR) is 93.9 cm³/mol. The number of aromatic nitrogens is 2. The second-order valence-corrected chi connectivity index (χ2v) is 6.14. The summed E-state index contributed by atoms with van der Waals surface area (Å²) >= 11 is 0. The van der Waals surface area contributed by atoms with E-state index in [0.717, 1.165) is 18.2 Å². The topological polar surface area (TPSA) is 77.4 Å². The van der Waals surface area contributed by atoms with E-state index in [1.165, 1.54) is 18.4 Å². The largest absolute Gasteiger partial charge is 0.497 e. The van der Waals surface area contributed by atoms with Crippen molar-refractivity contribution in [2.24, 2.45) is 11.7 Å². The first kappa shape index (κ1) is 18.7. The van der Waals surface area contributed by atoms with Crippen LogP contribution in [0.3, 0.4) is 0 Å². The molecule has 1 aromatic carbocycles. The maximum atomic E-state index is 5.54. The van der Waals surface area contributed by atoms with Crippen LogP contribution in [-0.2, 0) is 19.6 Å². The molecule has 3 rings (SSSR count). The number of benzene rings is 1. The van der Waals surface area contributed by atoms with Gasteiger partial charge in [0.15, 0.2) is 5.82 Å². The Hall–Kier alpha value is -1.63. The first-order valence-electron chi connectivity index (χ1n) is 8.08. The van der Waals surface area contributed by atoms with Crippen LogP contribution in [0.2, 0.25) is 0 Å². The molecule has 1 heterocycles. The number of hydrogen-bond acceptors (Lipinski definition) is 6. The minimum absolute atomic E-state index is 0. The second-order valence-electron chi connectivity index (χ2n) is 6.14. The third-order valence-corrected chi connectivity index (χ3v) is 4.45. The van der Waals surface area contributed by atoms with E-state index in [-0.39, 0.29) is 19.0 Å². The lowest BCUT2D eigenvalue weighted by molar-refractivity contribution is 0.165. The Kier molecular flexibility index (Phi) is 6.60. The molecule has 0 bridgehead atoms. The van der Waals surface area contributed by atoms with Crippen molar-refractivity contribution < 1.29 is 9.26 Å². The molecule has 1 fully saturated rings. The zero-order chi connectivity index (χ0) is 16.2. The summed E-state index contributed by atoms with van der Waals surface area (Å²) < 4.78 is 10.3. The lowest BCUT2D eigenvalue weighted by Gasteiger charge is -2.28. The van der Waals surface area contributed by atoms with Gasteiger partial charge in [-0.15, -0.1) is 12.4 Å². The average Bonchev–Trinajstić information content (AvgIpc) is 3.34. The summed E-state index contributed by atoms with van der Waals surface area (Å²) in [7, 11) is 1.68. The van der Waals surface area contributed by atoms with Gasteiger partial charge in [-0.25, -0.2) is 0 Å². The predicted octanol–water partition coefficient (Wildman–Crippen LogP) is 2.76. The van der Waals surface area contributed by atoms with Crippen molar-refractivity contribution in [2.75, 3.05) is 7.11 Å². The van der Waals surface area contributed by atoms with Crippen molar-refractivity contribution in [3.05, 3.63) is 41.5 Å². The van der Waals surface area contributed by atoms with Crippen LogP contribution in [0.4, 0.5) is 0 Å². The Morgan fingerprint density at radius 2 is 2.00 bits per heavy atom. The number of halogens is 1. The van der Waals surface area contributed by atoms with Crippen LogP contribution in [0.25, 0.3) is 0 Å². The number of rotatable bonds is 8. The lowest BCUT2D eigenvalue weighted by Crippen LogP contribution is -2.34. The van der Waals surface area contributed by atoms with Crippen LogP contribution in [0.5, 0.6) is 5.75 Å². The van der Waals surface area contributed by atoms with Gasteiger partial charge in [0, 0.05) is 12.6 Å².